The third-order valence-electron chi connectivity index (χ3n) is 6.11. The van der Waals surface area contributed by atoms with Crippen molar-refractivity contribution >= 4 is 22.2 Å². The maximum absolute atomic E-state index is 12.9. The predicted molar refractivity (Wildman–Crippen MR) is 126 cm³/mol. The van der Waals surface area contributed by atoms with Crippen LogP contribution in [0.2, 0.25) is 0 Å². The second-order valence-electron chi connectivity index (χ2n) is 8.36. The molecule has 0 atom stereocenters. The second-order valence-corrected chi connectivity index (χ2v) is 9.31. The Morgan fingerprint density at radius 3 is 2.34 bits per heavy atom. The van der Waals surface area contributed by atoms with Crippen molar-refractivity contribution in [1.29, 1.82) is 0 Å². The van der Waals surface area contributed by atoms with Crippen molar-refractivity contribution in [1.82, 2.24) is 24.4 Å². The van der Waals surface area contributed by atoms with Crippen molar-refractivity contribution in [2.75, 3.05) is 27.2 Å². The molecule has 0 aliphatic carbocycles. The Morgan fingerprint density at radius 1 is 1.03 bits per heavy atom. The lowest BCUT2D eigenvalue weighted by molar-refractivity contribution is 0.0663. The number of amides is 1. The Bertz CT molecular complexity index is 1240. The second kappa shape index (κ2) is 8.37. The molecule has 8 heteroatoms. The standard InChI is InChI=1S/C24H25N5O2S/c1-27(2)19-11-13-28(14-12-19)23(31)18-5-3-17(4-6-18)22-26-29-21(15-25-24(29)32-22)16-7-9-20(30)10-8-16/h3-10,15,19,30H,11-14H2,1-2H3. The highest BCUT2D eigenvalue weighted by Gasteiger charge is 2.24. The number of fused-ring (bicyclic) bond motifs is 1. The number of hydrogen-bond donors (Lipinski definition) is 1. The van der Waals surface area contributed by atoms with Crippen molar-refractivity contribution in [3.05, 3.63) is 60.3 Å². The lowest BCUT2D eigenvalue weighted by Gasteiger charge is -2.35. The first-order chi connectivity index (χ1) is 15.5. The molecule has 1 aliphatic rings. The molecular formula is C24H25N5O2S. The van der Waals surface area contributed by atoms with Gasteiger partial charge in [0.1, 0.15) is 10.8 Å². The Labute approximate surface area is 190 Å². The number of aromatic nitrogens is 3. The van der Waals surface area contributed by atoms with E-state index in [0.717, 1.165) is 52.7 Å². The van der Waals surface area contributed by atoms with E-state index >= 15 is 0 Å². The average Bonchev–Trinajstić information content (AvgIpc) is 3.41. The highest BCUT2D eigenvalue weighted by Crippen LogP contribution is 2.30. The number of phenolic OH excluding ortho intramolecular Hbond substituents is 1. The first-order valence-electron chi connectivity index (χ1n) is 10.7. The summed E-state index contributed by atoms with van der Waals surface area (Å²) in [4.78, 5) is 22.4. The van der Waals surface area contributed by atoms with Crippen molar-refractivity contribution < 1.29 is 9.90 Å². The van der Waals surface area contributed by atoms with Crippen LogP contribution in [0.1, 0.15) is 23.2 Å². The van der Waals surface area contributed by atoms with Crippen molar-refractivity contribution in [3.63, 3.8) is 0 Å². The molecule has 2 aromatic heterocycles. The highest BCUT2D eigenvalue weighted by atomic mass is 32.1. The van der Waals surface area contributed by atoms with Gasteiger partial charge in [0.05, 0.1) is 11.9 Å². The van der Waals surface area contributed by atoms with Gasteiger partial charge in [-0.05, 0) is 63.3 Å². The number of piperidine rings is 1. The van der Waals surface area contributed by atoms with Crippen molar-refractivity contribution in [2.45, 2.75) is 18.9 Å². The molecular weight excluding hydrogens is 422 g/mol. The number of aromatic hydroxyl groups is 1. The van der Waals surface area contributed by atoms with E-state index in [1.807, 2.05) is 45.8 Å². The molecule has 0 saturated carbocycles. The van der Waals surface area contributed by atoms with Gasteiger partial charge >= 0.3 is 0 Å². The summed E-state index contributed by atoms with van der Waals surface area (Å²) in [7, 11) is 4.20. The van der Waals surface area contributed by atoms with E-state index in [1.54, 1.807) is 18.3 Å². The number of imidazole rings is 1. The number of likely N-dealkylation sites (tertiary alicyclic amines) is 1. The molecule has 4 aromatic rings. The van der Waals surface area contributed by atoms with Gasteiger partial charge in [0.25, 0.3) is 5.91 Å². The molecule has 32 heavy (non-hydrogen) atoms. The number of carbonyl (C=O) groups excluding carboxylic acids is 1. The first kappa shape index (κ1) is 20.7. The summed E-state index contributed by atoms with van der Waals surface area (Å²) in [6.45, 7) is 1.60. The van der Waals surface area contributed by atoms with E-state index in [2.05, 4.69) is 24.0 Å². The van der Waals surface area contributed by atoms with Crippen LogP contribution in [-0.4, -0.2) is 68.6 Å². The van der Waals surface area contributed by atoms with Gasteiger partial charge in [-0.1, -0.05) is 23.5 Å². The maximum Gasteiger partial charge on any atom is 0.253 e. The summed E-state index contributed by atoms with van der Waals surface area (Å²) in [5, 5.41) is 15.1. The van der Waals surface area contributed by atoms with E-state index < -0.39 is 0 Å². The Morgan fingerprint density at radius 2 is 1.69 bits per heavy atom. The molecule has 7 nitrogen and oxygen atoms in total. The summed E-state index contributed by atoms with van der Waals surface area (Å²) in [6, 6.07) is 15.2. The average molecular weight is 448 g/mol. The number of phenols is 1. The smallest absolute Gasteiger partial charge is 0.253 e. The molecule has 2 aromatic carbocycles. The van der Waals surface area contributed by atoms with E-state index in [1.165, 1.54) is 11.3 Å². The lowest BCUT2D eigenvalue weighted by atomic mass is 10.0. The zero-order chi connectivity index (χ0) is 22.2. The van der Waals surface area contributed by atoms with Crippen LogP contribution in [-0.2, 0) is 0 Å². The number of carbonyl (C=O) groups is 1. The van der Waals surface area contributed by atoms with Crippen LogP contribution < -0.4 is 0 Å². The van der Waals surface area contributed by atoms with Crippen LogP contribution in [0, 0.1) is 0 Å². The van der Waals surface area contributed by atoms with Gasteiger partial charge in [-0.2, -0.15) is 5.10 Å². The minimum atomic E-state index is 0.0947. The van der Waals surface area contributed by atoms with Crippen molar-refractivity contribution in [3.8, 4) is 27.6 Å². The largest absolute Gasteiger partial charge is 0.508 e. The minimum absolute atomic E-state index is 0.0947. The fraction of sp³-hybridized carbons (Fsp3) is 0.292. The molecule has 0 spiro atoms. The first-order valence-corrected chi connectivity index (χ1v) is 11.5. The molecule has 3 heterocycles. The zero-order valence-electron chi connectivity index (χ0n) is 18.1. The number of benzene rings is 2. The van der Waals surface area contributed by atoms with Crippen LogP contribution in [0.3, 0.4) is 0 Å². The molecule has 5 rings (SSSR count). The molecule has 1 amide bonds. The minimum Gasteiger partial charge on any atom is -0.508 e. The molecule has 1 fully saturated rings. The van der Waals surface area contributed by atoms with Crippen LogP contribution in [0.4, 0.5) is 0 Å². The zero-order valence-corrected chi connectivity index (χ0v) is 18.9. The fourth-order valence-corrected chi connectivity index (χ4v) is 5.04. The molecule has 1 N–H and O–H groups in total. The van der Waals surface area contributed by atoms with Gasteiger partial charge in [-0.3, -0.25) is 4.79 Å². The quantitative estimate of drug-likeness (QED) is 0.512. The normalized spacial score (nSPS) is 15.0. The molecule has 1 saturated heterocycles. The Hall–Kier alpha value is -3.23. The van der Waals surface area contributed by atoms with Gasteiger partial charge in [0.2, 0.25) is 4.96 Å². The highest BCUT2D eigenvalue weighted by molar-refractivity contribution is 7.19. The van der Waals surface area contributed by atoms with Gasteiger partial charge in [-0.25, -0.2) is 9.50 Å². The maximum atomic E-state index is 12.9. The molecule has 0 unspecified atom stereocenters. The predicted octanol–water partition coefficient (Wildman–Crippen LogP) is 4.00. The summed E-state index contributed by atoms with van der Waals surface area (Å²) in [5.74, 6) is 0.322. The molecule has 164 valence electrons. The van der Waals surface area contributed by atoms with Gasteiger partial charge in [0, 0.05) is 35.8 Å². The number of hydrogen-bond acceptors (Lipinski definition) is 6. The van der Waals surface area contributed by atoms with Crippen LogP contribution >= 0.6 is 11.3 Å². The third kappa shape index (κ3) is 3.87. The summed E-state index contributed by atoms with van der Waals surface area (Å²) < 4.78 is 1.82. The van der Waals surface area contributed by atoms with E-state index in [0.29, 0.717) is 11.6 Å². The van der Waals surface area contributed by atoms with Gasteiger partial charge < -0.3 is 14.9 Å². The van der Waals surface area contributed by atoms with Gasteiger partial charge in [-0.15, -0.1) is 0 Å². The number of rotatable bonds is 4. The fourth-order valence-electron chi connectivity index (χ4n) is 4.16. The topological polar surface area (TPSA) is 74.0 Å². The van der Waals surface area contributed by atoms with E-state index in [-0.39, 0.29) is 11.7 Å². The summed E-state index contributed by atoms with van der Waals surface area (Å²) in [5.41, 5.74) is 3.48. The molecule has 0 bridgehead atoms. The lowest BCUT2D eigenvalue weighted by Crippen LogP contribution is -2.44. The molecule has 0 radical (unpaired) electrons. The van der Waals surface area contributed by atoms with Crippen LogP contribution in [0.5, 0.6) is 5.75 Å². The SMILES string of the molecule is CN(C)C1CCN(C(=O)c2ccc(-c3nn4c(-c5ccc(O)cc5)cnc4s3)cc2)CC1. The molecule has 1 aliphatic heterocycles. The monoisotopic (exact) mass is 447 g/mol. The summed E-state index contributed by atoms with van der Waals surface area (Å²) in [6.07, 6.45) is 3.81. The Kier molecular flexibility index (Phi) is 5.40. The van der Waals surface area contributed by atoms with Crippen molar-refractivity contribution in [2.24, 2.45) is 0 Å². The van der Waals surface area contributed by atoms with Crippen LogP contribution in [0.25, 0.3) is 26.8 Å². The van der Waals surface area contributed by atoms with E-state index in [9.17, 15) is 9.90 Å². The van der Waals surface area contributed by atoms with E-state index in [4.69, 9.17) is 5.10 Å². The number of nitrogens with zero attached hydrogens (tertiary/aromatic N) is 5. The third-order valence-corrected chi connectivity index (χ3v) is 7.08. The van der Waals surface area contributed by atoms with Crippen LogP contribution in [0.15, 0.2) is 54.7 Å². The van der Waals surface area contributed by atoms with Gasteiger partial charge in [0.15, 0.2) is 0 Å². The summed E-state index contributed by atoms with van der Waals surface area (Å²) >= 11 is 1.51. The Balaban J connectivity index is 1.34.